The van der Waals surface area contributed by atoms with Crippen molar-refractivity contribution in [3.05, 3.63) is 0 Å². The summed E-state index contributed by atoms with van der Waals surface area (Å²) in [6.45, 7) is 1.95. The molecule has 0 unspecified atom stereocenters. The molecule has 0 spiro atoms. The summed E-state index contributed by atoms with van der Waals surface area (Å²) >= 11 is 0. The van der Waals surface area contributed by atoms with Crippen molar-refractivity contribution in [3.8, 4) is 0 Å². The van der Waals surface area contributed by atoms with Gasteiger partial charge in [-0.1, -0.05) is 6.92 Å². The fraction of sp³-hybridized carbons (Fsp3) is 0.750. The highest BCUT2D eigenvalue weighted by atomic mass is 16.6. The van der Waals surface area contributed by atoms with Crippen LogP contribution in [-0.4, -0.2) is 25.0 Å². The number of nitrogens with one attached hydrogen (secondary N) is 2. The molecule has 2 amide bonds. The number of hydrogen-bond donors (Lipinski definition) is 2. The van der Waals surface area contributed by atoms with Crippen molar-refractivity contribution < 1.29 is 14.4 Å². The van der Waals surface area contributed by atoms with Crippen LogP contribution >= 0.6 is 0 Å². The molecule has 1 saturated heterocycles. The first kappa shape index (κ1) is 9.98. The Hall–Kier alpha value is -1.10. The quantitative estimate of drug-likeness (QED) is 0.575. The first-order valence-electron chi connectivity index (χ1n) is 4.25. The maximum atomic E-state index is 11.2. The van der Waals surface area contributed by atoms with Crippen LogP contribution in [0.25, 0.3) is 0 Å². The highest BCUT2D eigenvalue weighted by molar-refractivity contribution is 5.88. The molecule has 0 bridgehead atoms. The van der Waals surface area contributed by atoms with Crippen LogP contribution < -0.4 is 10.8 Å². The molecule has 13 heavy (non-hydrogen) atoms. The highest BCUT2D eigenvalue weighted by Gasteiger charge is 2.28. The number of carbonyl (C=O) groups excluding carboxylic acids is 2. The summed E-state index contributed by atoms with van der Waals surface area (Å²) in [6.07, 6.45) is 1.16. The Morgan fingerprint density at radius 2 is 2.38 bits per heavy atom. The van der Waals surface area contributed by atoms with E-state index in [2.05, 4.69) is 15.6 Å². The predicted octanol–water partition coefficient (Wildman–Crippen LogP) is -0.421. The fourth-order valence-corrected chi connectivity index (χ4v) is 1.46. The second-order valence-electron chi connectivity index (χ2n) is 3.34. The molecule has 1 aliphatic rings. The van der Waals surface area contributed by atoms with Gasteiger partial charge in [0.15, 0.2) is 0 Å². The van der Waals surface area contributed by atoms with Crippen molar-refractivity contribution in [2.45, 2.75) is 25.8 Å². The minimum absolute atomic E-state index is 0.0741. The smallest absolute Gasteiger partial charge is 0.266 e. The topological polar surface area (TPSA) is 67.4 Å². The zero-order valence-corrected chi connectivity index (χ0v) is 7.79. The molecule has 1 rings (SSSR count). The number of rotatable bonds is 2. The van der Waals surface area contributed by atoms with Gasteiger partial charge >= 0.3 is 0 Å². The molecule has 2 N–H and O–H groups in total. The average Bonchev–Trinajstić information content (AvgIpc) is 2.03. The number of amides is 2. The molecule has 0 saturated carbocycles. The molecule has 0 aliphatic carbocycles. The number of hydroxylamine groups is 1. The van der Waals surface area contributed by atoms with Crippen molar-refractivity contribution in [2.24, 2.45) is 5.92 Å². The Morgan fingerprint density at radius 1 is 1.69 bits per heavy atom. The minimum atomic E-state index is -0.448. The van der Waals surface area contributed by atoms with Gasteiger partial charge in [-0.05, 0) is 12.3 Å². The van der Waals surface area contributed by atoms with E-state index in [0.717, 1.165) is 0 Å². The third-order valence-electron chi connectivity index (χ3n) is 2.03. The van der Waals surface area contributed by atoms with Crippen LogP contribution in [0.3, 0.4) is 0 Å². The minimum Gasteiger partial charge on any atom is -0.344 e. The van der Waals surface area contributed by atoms with Gasteiger partial charge in [0.25, 0.3) is 5.91 Å². The van der Waals surface area contributed by atoms with E-state index in [4.69, 9.17) is 0 Å². The van der Waals surface area contributed by atoms with E-state index in [-0.39, 0.29) is 17.7 Å². The largest absolute Gasteiger partial charge is 0.344 e. The third-order valence-corrected chi connectivity index (χ3v) is 2.03. The van der Waals surface area contributed by atoms with Crippen molar-refractivity contribution >= 4 is 11.8 Å². The fourth-order valence-electron chi connectivity index (χ4n) is 1.46. The van der Waals surface area contributed by atoms with E-state index in [1.54, 1.807) is 0 Å². The van der Waals surface area contributed by atoms with Gasteiger partial charge in [-0.25, -0.2) is 5.48 Å². The lowest BCUT2D eigenvalue weighted by molar-refractivity contribution is -0.138. The van der Waals surface area contributed by atoms with Gasteiger partial charge < -0.3 is 5.32 Å². The molecule has 0 aromatic rings. The van der Waals surface area contributed by atoms with Crippen LogP contribution in [-0.2, 0) is 14.4 Å². The molecule has 0 radical (unpaired) electrons. The summed E-state index contributed by atoms with van der Waals surface area (Å²) in [5.74, 6) is -0.112. The lowest BCUT2D eigenvalue weighted by atomic mass is 9.93. The zero-order chi connectivity index (χ0) is 9.84. The lowest BCUT2D eigenvalue weighted by Crippen LogP contribution is -2.50. The van der Waals surface area contributed by atoms with E-state index >= 15 is 0 Å². The number of carbonyl (C=O) groups is 2. The molecule has 1 fully saturated rings. The second kappa shape index (κ2) is 4.23. The SMILES string of the molecule is CONC(=O)[C@@H]1C[C@H](C)CC(=O)N1. The summed E-state index contributed by atoms with van der Waals surface area (Å²) in [5, 5.41) is 2.60. The maximum Gasteiger partial charge on any atom is 0.266 e. The van der Waals surface area contributed by atoms with Crippen LogP contribution in [0.1, 0.15) is 19.8 Å². The molecule has 1 heterocycles. The Balaban J connectivity index is 2.49. The van der Waals surface area contributed by atoms with E-state index in [1.807, 2.05) is 6.92 Å². The average molecular weight is 186 g/mol. The monoisotopic (exact) mass is 186 g/mol. The van der Waals surface area contributed by atoms with Gasteiger partial charge in [0.2, 0.25) is 5.91 Å². The van der Waals surface area contributed by atoms with Crippen molar-refractivity contribution in [3.63, 3.8) is 0 Å². The summed E-state index contributed by atoms with van der Waals surface area (Å²) in [4.78, 5) is 26.8. The highest BCUT2D eigenvalue weighted by Crippen LogP contribution is 2.15. The van der Waals surface area contributed by atoms with Crippen molar-refractivity contribution in [1.29, 1.82) is 0 Å². The maximum absolute atomic E-state index is 11.2. The van der Waals surface area contributed by atoms with E-state index in [9.17, 15) is 9.59 Å². The summed E-state index contributed by atoms with van der Waals surface area (Å²) in [5.41, 5.74) is 2.20. The molecule has 0 aromatic carbocycles. The molecular weight excluding hydrogens is 172 g/mol. The van der Waals surface area contributed by atoms with Crippen LogP contribution in [0.2, 0.25) is 0 Å². The number of piperidine rings is 1. The first-order chi connectivity index (χ1) is 6.13. The summed E-state index contributed by atoms with van der Waals surface area (Å²) < 4.78 is 0. The Labute approximate surface area is 76.8 Å². The van der Waals surface area contributed by atoms with Gasteiger partial charge in [0, 0.05) is 6.42 Å². The van der Waals surface area contributed by atoms with E-state index < -0.39 is 6.04 Å². The van der Waals surface area contributed by atoms with Crippen molar-refractivity contribution in [1.82, 2.24) is 10.8 Å². The third kappa shape index (κ3) is 2.69. The molecule has 1 aliphatic heterocycles. The standard InChI is InChI=1S/C8H14N2O3/c1-5-3-6(8(12)10-13-2)9-7(11)4-5/h5-6H,3-4H2,1-2H3,(H,9,11)(H,10,12)/t5-,6-/m0/s1. The van der Waals surface area contributed by atoms with Gasteiger partial charge in [0.05, 0.1) is 7.11 Å². The van der Waals surface area contributed by atoms with Gasteiger partial charge in [-0.2, -0.15) is 0 Å². The summed E-state index contributed by atoms with van der Waals surface area (Å²) in [6, 6.07) is -0.448. The van der Waals surface area contributed by atoms with Crippen LogP contribution in [0.5, 0.6) is 0 Å². The van der Waals surface area contributed by atoms with Crippen molar-refractivity contribution in [2.75, 3.05) is 7.11 Å². The van der Waals surface area contributed by atoms with Gasteiger partial charge in [0.1, 0.15) is 6.04 Å². The zero-order valence-electron chi connectivity index (χ0n) is 7.79. The molecular formula is C8H14N2O3. The lowest BCUT2D eigenvalue weighted by Gasteiger charge is -2.26. The van der Waals surface area contributed by atoms with E-state index in [1.165, 1.54) is 7.11 Å². The molecule has 5 nitrogen and oxygen atoms in total. The van der Waals surface area contributed by atoms with Crippen LogP contribution in [0.15, 0.2) is 0 Å². The Kier molecular flexibility index (Phi) is 3.25. The van der Waals surface area contributed by atoms with E-state index in [0.29, 0.717) is 12.8 Å². The van der Waals surface area contributed by atoms with Gasteiger partial charge in [-0.15, -0.1) is 0 Å². The normalized spacial score (nSPS) is 28.0. The molecule has 74 valence electrons. The molecule has 5 heteroatoms. The Morgan fingerprint density at radius 3 is 2.92 bits per heavy atom. The van der Waals surface area contributed by atoms with Crippen LogP contribution in [0, 0.1) is 5.92 Å². The van der Waals surface area contributed by atoms with Crippen LogP contribution in [0.4, 0.5) is 0 Å². The first-order valence-corrected chi connectivity index (χ1v) is 4.25. The summed E-state index contributed by atoms with van der Waals surface area (Å²) in [7, 11) is 1.37. The Bertz CT molecular complexity index is 217. The number of hydrogen-bond acceptors (Lipinski definition) is 3. The van der Waals surface area contributed by atoms with Gasteiger partial charge in [-0.3, -0.25) is 14.4 Å². The molecule has 2 atom stereocenters. The molecule has 0 aromatic heterocycles. The predicted molar refractivity (Wildman–Crippen MR) is 45.5 cm³/mol. The second-order valence-corrected chi connectivity index (χ2v) is 3.34.